The van der Waals surface area contributed by atoms with Gasteiger partial charge in [-0.05, 0) is 54.7 Å². The van der Waals surface area contributed by atoms with Crippen molar-refractivity contribution in [3.8, 4) is 0 Å². The lowest BCUT2D eigenvalue weighted by molar-refractivity contribution is -0.142. The van der Waals surface area contributed by atoms with E-state index in [1.165, 1.54) is 24.3 Å². The van der Waals surface area contributed by atoms with Crippen LogP contribution in [0.25, 0.3) is 0 Å². The highest BCUT2D eigenvalue weighted by Gasteiger charge is 2.36. The van der Waals surface area contributed by atoms with E-state index < -0.39 is 176 Å². The monoisotopic (exact) mass is 1260 g/mol. The molecule has 3 rings (SSSR count). The maximum Gasteiger partial charge on any atom is 0.326 e. The number of primary amides is 1. The zero-order valence-electron chi connectivity index (χ0n) is 48.0. The summed E-state index contributed by atoms with van der Waals surface area (Å²) in [6, 6.07) is 1.19. The third kappa shape index (κ3) is 26.7. The zero-order chi connectivity index (χ0) is 64.8. The lowest BCUT2D eigenvalue weighted by atomic mass is 10.00. The molecule has 2 aromatic carbocycles. The van der Waals surface area contributed by atoms with Gasteiger partial charge in [0.2, 0.25) is 59.1 Å². The first-order valence-electron chi connectivity index (χ1n) is 27.4. The number of carbonyl (C=O) groups is 13. The molecule has 32 heteroatoms. The highest BCUT2D eigenvalue weighted by atomic mass is 32.2. The summed E-state index contributed by atoms with van der Waals surface area (Å²) in [5.74, 6) is -14.7. The fourth-order valence-electron chi connectivity index (χ4n) is 8.37. The fraction of sp³-hybridized carbons (Fsp3) is 0.491. The van der Waals surface area contributed by atoms with Crippen LogP contribution in [-0.2, 0) is 81.6 Å². The van der Waals surface area contributed by atoms with Gasteiger partial charge in [-0.2, -0.15) is 24.4 Å². The average Bonchev–Trinajstić information content (AvgIpc) is 3.48. The number of thioether (sulfide) groups is 1. The summed E-state index contributed by atoms with van der Waals surface area (Å²) in [6.45, 7) is 2.40. The number of nitrogens with zero attached hydrogens (tertiary/aromatic N) is 1. The average molecular weight is 1260 g/mol. The number of aromatic nitrogens is 2. The maximum atomic E-state index is 14.5. The van der Waals surface area contributed by atoms with Gasteiger partial charge in [0, 0.05) is 44.1 Å². The van der Waals surface area contributed by atoms with Crippen molar-refractivity contribution in [2.45, 2.75) is 138 Å². The minimum absolute atomic E-state index is 0.0331. The topological polar surface area (TPSA) is 492 Å². The van der Waals surface area contributed by atoms with Crippen LogP contribution in [0, 0.1) is 5.92 Å². The number of nitrogens with two attached hydrogens (primary N) is 2. The second kappa shape index (κ2) is 37.7. The van der Waals surface area contributed by atoms with E-state index in [1.807, 2.05) is 0 Å². The highest BCUT2D eigenvalue weighted by Crippen LogP contribution is 2.13. The third-order valence-electron chi connectivity index (χ3n) is 12.9. The lowest BCUT2D eigenvalue weighted by Crippen LogP contribution is -2.61. The molecular weight excluding hydrogens is 1180 g/mol. The second-order valence-corrected chi connectivity index (χ2v) is 21.8. The minimum Gasteiger partial charge on any atom is -0.481 e. The predicted molar refractivity (Wildman–Crippen MR) is 317 cm³/mol. The Balaban J connectivity index is 1.90. The number of aliphatic hydroxyl groups is 1. The van der Waals surface area contributed by atoms with E-state index in [0.717, 1.165) is 0 Å². The number of carboxylic acids is 3. The van der Waals surface area contributed by atoms with Crippen molar-refractivity contribution < 1.29 is 82.8 Å². The molecule has 87 heavy (non-hydrogen) atoms. The van der Waals surface area contributed by atoms with E-state index in [0.29, 0.717) is 11.1 Å². The van der Waals surface area contributed by atoms with Crippen molar-refractivity contribution >= 4 is 101 Å². The number of aromatic amines is 1. The molecule has 0 aliphatic carbocycles. The number of benzene rings is 2. The van der Waals surface area contributed by atoms with Crippen molar-refractivity contribution in [2.24, 2.45) is 17.4 Å². The summed E-state index contributed by atoms with van der Waals surface area (Å²) in [5, 5.41) is 61.0. The van der Waals surface area contributed by atoms with Gasteiger partial charge in [-0.15, -0.1) is 0 Å². The fourth-order valence-corrected chi connectivity index (χ4v) is 9.09. The van der Waals surface area contributed by atoms with Crippen LogP contribution < -0.4 is 59.3 Å². The SMILES string of the molecule is CSCC[C@H](NC(=O)[C@H](CCC(=O)O)NC(=O)[C@H](Cc1ccccc1)NC(=O)[C@H](CC(C)C)NC(=O)[C@H](CS)NC(=O)[C@H](Cc1ccccc1)NC(=O)[C@@H](N)CC(N)=O)C(=O)N[C@@H](CCC(=O)O)C(=O)N[C@@H](CO)C(=O)N[C@@H](Cc1c[nH]cn1)C(=O)O. The van der Waals surface area contributed by atoms with E-state index in [-0.39, 0.29) is 55.2 Å². The molecule has 10 atom stereocenters. The number of carbonyl (C=O) groups excluding carboxylic acids is 10. The molecule has 0 aliphatic heterocycles. The van der Waals surface area contributed by atoms with Crippen LogP contribution >= 0.6 is 24.4 Å². The Labute approximate surface area is 510 Å². The minimum atomic E-state index is -1.81. The molecule has 0 aliphatic rings. The van der Waals surface area contributed by atoms with Crippen LogP contribution in [0.3, 0.4) is 0 Å². The van der Waals surface area contributed by atoms with Crippen LogP contribution in [0.2, 0.25) is 0 Å². The van der Waals surface area contributed by atoms with Crippen molar-refractivity contribution in [3.63, 3.8) is 0 Å². The molecule has 476 valence electrons. The molecule has 1 aromatic heterocycles. The molecule has 0 bridgehead atoms. The van der Waals surface area contributed by atoms with E-state index in [1.54, 1.807) is 80.8 Å². The molecule has 30 nitrogen and oxygen atoms in total. The molecule has 0 fully saturated rings. The number of aliphatic carboxylic acids is 3. The number of hydrogen-bond donors (Lipinski definition) is 17. The molecular formula is C55H77N13O17S2. The van der Waals surface area contributed by atoms with Crippen molar-refractivity contribution in [2.75, 3.05) is 24.4 Å². The Hall–Kier alpha value is -8.62. The Morgan fingerprint density at radius 1 is 0.540 bits per heavy atom. The van der Waals surface area contributed by atoms with Gasteiger partial charge < -0.3 is 84.7 Å². The van der Waals surface area contributed by atoms with Gasteiger partial charge in [-0.1, -0.05) is 74.5 Å². The van der Waals surface area contributed by atoms with Gasteiger partial charge in [-0.25, -0.2) is 9.78 Å². The molecule has 0 saturated carbocycles. The Morgan fingerprint density at radius 3 is 1.34 bits per heavy atom. The van der Waals surface area contributed by atoms with Gasteiger partial charge >= 0.3 is 17.9 Å². The first kappa shape index (κ1) is 72.6. The summed E-state index contributed by atoms with van der Waals surface area (Å²) >= 11 is 5.50. The first-order valence-corrected chi connectivity index (χ1v) is 29.5. The molecule has 0 radical (unpaired) electrons. The van der Waals surface area contributed by atoms with Crippen LogP contribution in [0.15, 0.2) is 73.2 Å². The van der Waals surface area contributed by atoms with Gasteiger partial charge in [0.25, 0.3) is 0 Å². The molecule has 0 spiro atoms. The number of H-pyrrole nitrogens is 1. The van der Waals surface area contributed by atoms with Crippen LogP contribution in [-0.4, -0.2) is 192 Å². The van der Waals surface area contributed by atoms with E-state index in [9.17, 15) is 82.8 Å². The Morgan fingerprint density at radius 2 is 0.931 bits per heavy atom. The number of thiol groups is 1. The number of rotatable bonds is 40. The summed E-state index contributed by atoms with van der Waals surface area (Å²) in [6.07, 6.45) is 0.387. The van der Waals surface area contributed by atoms with Gasteiger partial charge in [0.15, 0.2) is 0 Å². The number of amides is 10. The highest BCUT2D eigenvalue weighted by molar-refractivity contribution is 7.98. The second-order valence-electron chi connectivity index (χ2n) is 20.5. The number of aliphatic hydroxyl groups excluding tert-OH is 1. The maximum absolute atomic E-state index is 14.5. The number of imidazole rings is 1. The van der Waals surface area contributed by atoms with Crippen molar-refractivity contribution in [1.29, 1.82) is 0 Å². The van der Waals surface area contributed by atoms with Gasteiger partial charge in [0.1, 0.15) is 54.4 Å². The summed E-state index contributed by atoms with van der Waals surface area (Å²) in [7, 11) is 0. The first-order chi connectivity index (χ1) is 41.2. The van der Waals surface area contributed by atoms with E-state index in [2.05, 4.69) is 70.4 Å². The molecule has 0 saturated heterocycles. The Bertz CT molecular complexity index is 2820. The van der Waals surface area contributed by atoms with Crippen LogP contribution in [0.4, 0.5) is 0 Å². The largest absolute Gasteiger partial charge is 0.481 e. The number of carboxylic acid groups (broad SMARTS) is 3. The standard InChI is InChI=1S/C55H77N13O17S2/c1-29(2)20-37(64-54(83)42(27-86)68-52(81)38(21-30-10-6-4-7-11-30)63-46(75)33(56)24-43(57)70)50(79)65-39(22-31-12-8-5-9-13-31)51(80)61-34(14-16-44(71)72)47(76)62-36(18-19-87-3)49(78)60-35(15-17-45(73)74)48(77)67-41(26-69)53(82)66-40(55(84)85)23-32-25-58-28-59-32/h4-13,25,28-29,33-42,69,86H,14-24,26-27,56H2,1-3H3,(H2,57,70)(H,58,59)(H,60,78)(H,61,80)(H,62,76)(H,63,75)(H,64,83)(H,65,79)(H,66,82)(H,67,77)(H,68,81)(H,71,72)(H,73,74)(H,84,85)/t33-,34-,35-,36-,37-,38-,39-,40-,41-,42-/m0/s1. The molecule has 10 amide bonds. The third-order valence-corrected chi connectivity index (χ3v) is 14.0. The van der Waals surface area contributed by atoms with Crippen molar-refractivity contribution in [3.05, 3.63) is 90.0 Å². The van der Waals surface area contributed by atoms with Crippen LogP contribution in [0.5, 0.6) is 0 Å². The lowest BCUT2D eigenvalue weighted by Gasteiger charge is -2.28. The molecule has 0 unspecified atom stereocenters. The van der Waals surface area contributed by atoms with Crippen molar-refractivity contribution in [1.82, 2.24) is 57.8 Å². The molecule has 18 N–H and O–H groups in total. The van der Waals surface area contributed by atoms with E-state index in [4.69, 9.17) is 11.5 Å². The molecule has 1 heterocycles. The van der Waals surface area contributed by atoms with E-state index >= 15 is 0 Å². The summed E-state index contributed by atoms with van der Waals surface area (Å²) in [5.41, 5.74) is 12.4. The predicted octanol–water partition coefficient (Wildman–Crippen LogP) is -3.46. The summed E-state index contributed by atoms with van der Waals surface area (Å²) in [4.78, 5) is 179. The number of hydrogen-bond acceptors (Lipinski definition) is 18. The zero-order valence-corrected chi connectivity index (χ0v) is 49.7. The van der Waals surface area contributed by atoms with Gasteiger partial charge in [-0.3, -0.25) is 57.5 Å². The smallest absolute Gasteiger partial charge is 0.326 e. The van der Waals surface area contributed by atoms with Gasteiger partial charge in [0.05, 0.1) is 31.1 Å². The Kier molecular flexibility index (Phi) is 31.5. The summed E-state index contributed by atoms with van der Waals surface area (Å²) < 4.78 is 0. The quantitative estimate of drug-likeness (QED) is 0.0246. The normalized spacial score (nSPS) is 14.5. The molecule has 3 aromatic rings. The number of nitrogens with one attached hydrogen (secondary N) is 10. The van der Waals surface area contributed by atoms with Crippen LogP contribution in [0.1, 0.15) is 75.6 Å².